The molecule has 208 valence electrons. The second-order valence-electron chi connectivity index (χ2n) is 12.2. The van der Waals surface area contributed by atoms with Gasteiger partial charge in [0.1, 0.15) is 5.60 Å². The van der Waals surface area contributed by atoms with E-state index in [1.54, 1.807) is 26.8 Å². The number of alkyl carbamates (subject to hydrolysis) is 1. The highest BCUT2D eigenvalue weighted by Crippen LogP contribution is 2.61. The number of hydrogen-bond acceptors (Lipinski definition) is 6. The number of rotatable bonds is 5. The van der Waals surface area contributed by atoms with Crippen LogP contribution in [0.15, 0.2) is 12.1 Å². The maximum absolute atomic E-state index is 14.5. The smallest absolute Gasteiger partial charge is 0.415 e. The Morgan fingerprint density at radius 2 is 2.03 bits per heavy atom. The van der Waals surface area contributed by atoms with Crippen LogP contribution in [0.5, 0.6) is 11.5 Å². The van der Waals surface area contributed by atoms with Gasteiger partial charge in [-0.2, -0.15) is 0 Å². The molecule has 1 aromatic carbocycles. The molecule has 9 nitrogen and oxygen atoms in total. The van der Waals surface area contributed by atoms with Crippen LogP contribution in [0.4, 0.5) is 18.4 Å². The van der Waals surface area contributed by atoms with Gasteiger partial charge in [-0.1, -0.05) is 6.07 Å². The van der Waals surface area contributed by atoms with Crippen molar-refractivity contribution in [3.8, 4) is 11.5 Å². The maximum Gasteiger partial charge on any atom is 0.415 e. The van der Waals surface area contributed by atoms with E-state index in [-0.39, 0.29) is 11.5 Å². The summed E-state index contributed by atoms with van der Waals surface area (Å²) in [7, 11) is 3.40. The van der Waals surface area contributed by atoms with Crippen LogP contribution < -0.4 is 19.7 Å². The fourth-order valence-corrected chi connectivity index (χ4v) is 6.90. The Hall–Kier alpha value is -2.95. The van der Waals surface area contributed by atoms with Crippen LogP contribution in [0.2, 0.25) is 0 Å². The molecule has 5 unspecified atom stereocenters. The van der Waals surface area contributed by atoms with Crippen molar-refractivity contribution in [3.05, 3.63) is 23.3 Å². The second kappa shape index (κ2) is 9.07. The van der Waals surface area contributed by atoms with Crippen molar-refractivity contribution in [2.24, 2.45) is 5.92 Å². The van der Waals surface area contributed by atoms with Crippen LogP contribution in [0.1, 0.15) is 51.2 Å². The SMILES string of the molecule is CN(CC(F)(F)CNC(=O)OC(C)(C)C)C(=O)Oc1ccc2c3c1OC1C(=O)CCC4C(C2)[NH+](C)CCC314. The van der Waals surface area contributed by atoms with Gasteiger partial charge in [-0.15, -0.1) is 0 Å². The Bertz CT molecular complexity index is 1170. The van der Waals surface area contributed by atoms with Crippen molar-refractivity contribution in [1.82, 2.24) is 10.2 Å². The fraction of sp³-hybridized carbons (Fsp3) is 0.667. The van der Waals surface area contributed by atoms with Gasteiger partial charge in [0, 0.05) is 37.8 Å². The van der Waals surface area contributed by atoms with E-state index in [1.807, 2.05) is 11.4 Å². The lowest BCUT2D eigenvalue weighted by Gasteiger charge is -2.54. The molecule has 1 saturated carbocycles. The van der Waals surface area contributed by atoms with Crippen molar-refractivity contribution in [2.45, 2.75) is 75.5 Å². The summed E-state index contributed by atoms with van der Waals surface area (Å²) in [5.41, 5.74) is 0.821. The van der Waals surface area contributed by atoms with E-state index in [1.165, 1.54) is 11.9 Å². The number of carbonyl (C=O) groups excluding carboxylic acids is 3. The van der Waals surface area contributed by atoms with Gasteiger partial charge >= 0.3 is 12.2 Å². The minimum Gasteiger partial charge on any atom is -0.477 e. The molecule has 4 aliphatic rings. The summed E-state index contributed by atoms with van der Waals surface area (Å²) in [4.78, 5) is 39.8. The minimum atomic E-state index is -3.42. The first-order chi connectivity index (χ1) is 17.7. The number of hydrogen-bond donors (Lipinski definition) is 2. The molecule has 5 atom stereocenters. The lowest BCUT2D eigenvalue weighted by molar-refractivity contribution is -0.919. The summed E-state index contributed by atoms with van der Waals surface area (Å²) in [5.74, 6) is -2.53. The van der Waals surface area contributed by atoms with E-state index in [9.17, 15) is 23.2 Å². The molecule has 2 aliphatic heterocycles. The number of likely N-dealkylation sites (tertiary alicyclic amines) is 1. The molecule has 1 saturated heterocycles. The van der Waals surface area contributed by atoms with Gasteiger partial charge < -0.3 is 29.3 Å². The summed E-state index contributed by atoms with van der Waals surface area (Å²) >= 11 is 0. The lowest BCUT2D eigenvalue weighted by Crippen LogP contribution is -3.16. The number of nitrogens with one attached hydrogen (secondary N) is 2. The highest BCUT2D eigenvalue weighted by Gasteiger charge is 2.67. The third-order valence-corrected chi connectivity index (χ3v) is 8.39. The number of halogens is 2. The molecule has 2 heterocycles. The van der Waals surface area contributed by atoms with Gasteiger partial charge in [0.15, 0.2) is 23.4 Å². The van der Waals surface area contributed by atoms with Crippen LogP contribution >= 0.6 is 0 Å². The number of piperidine rings is 1. The molecule has 2 fully saturated rings. The number of alkyl halides is 2. The molecule has 2 N–H and O–H groups in total. The van der Waals surface area contributed by atoms with Crippen LogP contribution in [-0.4, -0.2) is 80.3 Å². The molecular formula is C27H36F2N3O6+. The third kappa shape index (κ3) is 4.48. The molecule has 38 heavy (non-hydrogen) atoms. The average molecular weight is 537 g/mol. The summed E-state index contributed by atoms with van der Waals surface area (Å²) in [6.07, 6.45) is 0.390. The van der Waals surface area contributed by atoms with Crippen molar-refractivity contribution in [1.29, 1.82) is 0 Å². The fourth-order valence-electron chi connectivity index (χ4n) is 6.90. The molecule has 1 aromatic rings. The van der Waals surface area contributed by atoms with Crippen molar-refractivity contribution in [3.63, 3.8) is 0 Å². The molecule has 0 radical (unpaired) electrons. The number of carbonyl (C=O) groups is 3. The maximum atomic E-state index is 14.5. The van der Waals surface area contributed by atoms with Crippen molar-refractivity contribution < 1.29 is 42.3 Å². The van der Waals surface area contributed by atoms with Gasteiger partial charge in [-0.3, -0.25) is 4.79 Å². The number of nitrogens with zero attached hydrogens (tertiary/aromatic N) is 1. The van der Waals surface area contributed by atoms with Gasteiger partial charge in [-0.05, 0) is 38.8 Å². The Morgan fingerprint density at radius 3 is 2.74 bits per heavy atom. The van der Waals surface area contributed by atoms with Gasteiger partial charge in [0.25, 0.3) is 5.92 Å². The third-order valence-electron chi connectivity index (χ3n) is 8.39. The van der Waals surface area contributed by atoms with E-state index >= 15 is 0 Å². The van der Waals surface area contributed by atoms with E-state index < -0.39 is 48.3 Å². The van der Waals surface area contributed by atoms with Gasteiger partial charge in [-0.25, -0.2) is 18.4 Å². The van der Waals surface area contributed by atoms with Gasteiger partial charge in [0.05, 0.1) is 38.1 Å². The molecule has 2 aliphatic carbocycles. The summed E-state index contributed by atoms with van der Waals surface area (Å²) < 4.78 is 45.9. The zero-order valence-electron chi connectivity index (χ0n) is 22.5. The molecule has 0 aromatic heterocycles. The number of ether oxygens (including phenoxy) is 3. The van der Waals surface area contributed by atoms with Crippen LogP contribution in [0.25, 0.3) is 0 Å². The lowest BCUT2D eigenvalue weighted by atomic mass is 9.52. The van der Waals surface area contributed by atoms with E-state index in [0.717, 1.165) is 41.8 Å². The summed E-state index contributed by atoms with van der Waals surface area (Å²) in [5, 5.41) is 2.04. The molecule has 5 rings (SSSR count). The summed E-state index contributed by atoms with van der Waals surface area (Å²) in [6.45, 7) is 3.82. The number of Topliss-reactive ketones (excluding diaryl/α,β-unsaturated/α-hetero) is 1. The Labute approximate surface area is 220 Å². The highest BCUT2D eigenvalue weighted by molar-refractivity contribution is 5.89. The zero-order valence-corrected chi connectivity index (χ0v) is 22.5. The van der Waals surface area contributed by atoms with Gasteiger partial charge in [0.2, 0.25) is 0 Å². The first-order valence-corrected chi connectivity index (χ1v) is 13.2. The Kier molecular flexibility index (Phi) is 6.36. The number of amides is 2. The van der Waals surface area contributed by atoms with E-state index in [2.05, 4.69) is 7.05 Å². The highest BCUT2D eigenvalue weighted by atomic mass is 19.3. The van der Waals surface area contributed by atoms with E-state index in [4.69, 9.17) is 14.2 Å². The molecule has 1 spiro atoms. The number of likely N-dealkylation sites (N-methyl/N-ethyl adjacent to an activating group) is 1. The Balaban J connectivity index is 1.32. The van der Waals surface area contributed by atoms with Crippen molar-refractivity contribution in [2.75, 3.05) is 33.7 Å². The predicted molar refractivity (Wildman–Crippen MR) is 132 cm³/mol. The molecule has 2 amide bonds. The van der Waals surface area contributed by atoms with Crippen molar-refractivity contribution >= 4 is 18.0 Å². The quantitative estimate of drug-likeness (QED) is 0.598. The Morgan fingerprint density at radius 1 is 1.29 bits per heavy atom. The first kappa shape index (κ1) is 26.6. The summed E-state index contributed by atoms with van der Waals surface area (Å²) in [6, 6.07) is 3.94. The monoisotopic (exact) mass is 536 g/mol. The second-order valence-corrected chi connectivity index (χ2v) is 12.2. The van der Waals surface area contributed by atoms with Crippen LogP contribution in [0.3, 0.4) is 0 Å². The number of ketones is 1. The molecule has 11 heteroatoms. The predicted octanol–water partition coefficient (Wildman–Crippen LogP) is 2.10. The molecule has 2 bridgehead atoms. The van der Waals surface area contributed by atoms with Crippen LogP contribution in [-0.2, 0) is 21.4 Å². The molecular weight excluding hydrogens is 500 g/mol. The minimum absolute atomic E-state index is 0.0649. The normalized spacial score (nSPS) is 29.2. The standard InChI is InChI=1S/C27H35F2N3O6/c1-25(2,3)38-23(34)30-13-26(28,29)14-32(5)24(35)36-19-9-6-15-12-17-16-7-8-18(33)22-27(16,10-11-31(17)4)20(15)21(19)37-22/h6,9,16-17,22H,7-8,10-14H2,1-5H3,(H,30,34)/p+1. The van der Waals surface area contributed by atoms with E-state index in [0.29, 0.717) is 24.1 Å². The zero-order chi connectivity index (χ0) is 27.6. The first-order valence-electron chi connectivity index (χ1n) is 13.2. The van der Waals surface area contributed by atoms with Crippen LogP contribution in [0, 0.1) is 5.92 Å². The topological polar surface area (TPSA) is 98.6 Å². The number of quaternary nitrogens is 1. The largest absolute Gasteiger partial charge is 0.477 e. The number of benzene rings is 1. The average Bonchev–Trinajstić information content (AvgIpc) is 3.17.